The molecular weight excluding hydrogens is 114 g/mol. The highest BCUT2D eigenvalue weighted by molar-refractivity contribution is 7.51. The Hall–Kier alpha value is -0.350. The summed E-state index contributed by atoms with van der Waals surface area (Å²) in [5.74, 6) is 0. The van der Waals surface area contributed by atoms with Crippen LogP contribution in [0.15, 0.2) is 12.7 Å². The van der Waals surface area contributed by atoms with Crippen LogP contribution in [0.2, 0.25) is 0 Å². The molecule has 0 aromatic rings. The third-order valence-electron chi connectivity index (χ3n) is 0.167. The van der Waals surface area contributed by atoms with Crippen LogP contribution in [0.1, 0.15) is 0 Å². The summed E-state index contributed by atoms with van der Waals surface area (Å²) >= 11 is -1.42. The molecule has 3 nitrogen and oxygen atoms in total. The maximum Gasteiger partial charge on any atom is 0.129 e. The van der Waals surface area contributed by atoms with Gasteiger partial charge in [-0.3, -0.25) is 0 Å². The number of nitrogens with two attached hydrogens (primary N) is 1. The minimum atomic E-state index is -1.42. The van der Waals surface area contributed by atoms with E-state index in [1.165, 1.54) is 0 Å². The second-order valence-electron chi connectivity index (χ2n) is 0.608. The van der Waals surface area contributed by atoms with Crippen molar-refractivity contribution in [3.05, 3.63) is 12.7 Å². The van der Waals surface area contributed by atoms with Gasteiger partial charge in [-0.15, -0.1) is 6.58 Å². The third kappa shape index (κ3) is 178. The Morgan fingerprint density at radius 1 is 1.71 bits per heavy atom. The third-order valence-corrected chi connectivity index (χ3v) is 0.167. The van der Waals surface area contributed by atoms with Crippen molar-refractivity contribution < 1.29 is 8.42 Å². The van der Waals surface area contributed by atoms with Crippen molar-refractivity contribution in [3.8, 4) is 0 Å². The molecule has 0 saturated carbocycles. The number of hydrogen-bond donors (Lipinski definition) is 1. The van der Waals surface area contributed by atoms with Crippen molar-refractivity contribution in [2.45, 2.75) is 0 Å². The maximum absolute atomic E-state index is 8.40. The molecule has 44 valence electrons. The van der Waals surface area contributed by atoms with Gasteiger partial charge in [0.05, 0.1) is 0 Å². The molecule has 0 heterocycles. The van der Waals surface area contributed by atoms with Crippen LogP contribution < -0.4 is 5.73 Å². The molecule has 0 unspecified atom stereocenters. The van der Waals surface area contributed by atoms with Crippen molar-refractivity contribution in [3.63, 3.8) is 0 Å². The molecule has 0 amide bonds. The molecule has 4 heteroatoms. The van der Waals surface area contributed by atoms with Crippen molar-refractivity contribution in [1.29, 1.82) is 0 Å². The summed E-state index contributed by atoms with van der Waals surface area (Å²) in [7, 11) is 0. The summed E-state index contributed by atoms with van der Waals surface area (Å²) in [5, 5.41) is 0. The highest BCUT2D eigenvalue weighted by atomic mass is 32.1. The van der Waals surface area contributed by atoms with Crippen LogP contribution >= 0.6 is 0 Å². The monoisotopic (exact) mass is 123 g/mol. The van der Waals surface area contributed by atoms with Crippen molar-refractivity contribution in [2.75, 3.05) is 6.54 Å². The molecular formula is C3H9NO2S. The van der Waals surface area contributed by atoms with Gasteiger partial charge in [0.2, 0.25) is 0 Å². The highest BCUT2D eigenvalue weighted by Crippen LogP contribution is 1.40. The van der Waals surface area contributed by atoms with E-state index in [4.69, 9.17) is 14.2 Å². The zero-order chi connectivity index (χ0) is 6.12. The van der Waals surface area contributed by atoms with E-state index in [0.717, 1.165) is 0 Å². The molecule has 0 saturated heterocycles. The lowest BCUT2D eigenvalue weighted by molar-refractivity contribution is 0.630. The summed E-state index contributed by atoms with van der Waals surface area (Å²) < 4.78 is 16.8. The zero-order valence-corrected chi connectivity index (χ0v) is 4.89. The fourth-order valence-electron chi connectivity index (χ4n) is 0. The lowest BCUT2D eigenvalue weighted by atomic mass is 10.7. The summed E-state index contributed by atoms with van der Waals surface area (Å²) in [5.41, 5.74) is 4.91. The van der Waals surface area contributed by atoms with Crippen LogP contribution in [0.4, 0.5) is 0 Å². The lowest BCUT2D eigenvalue weighted by Gasteiger charge is -1.61. The minimum absolute atomic E-state index is 0.583. The Morgan fingerprint density at radius 3 is 1.86 bits per heavy atom. The van der Waals surface area contributed by atoms with Crippen LogP contribution in [0.3, 0.4) is 0 Å². The Bertz CT molecular complexity index is 67.3. The van der Waals surface area contributed by atoms with E-state index >= 15 is 0 Å². The molecule has 0 aliphatic rings. The van der Waals surface area contributed by atoms with E-state index in [9.17, 15) is 0 Å². The first-order valence-electron chi connectivity index (χ1n) is 1.63. The van der Waals surface area contributed by atoms with Gasteiger partial charge in [-0.2, -0.15) is 0 Å². The van der Waals surface area contributed by atoms with Gasteiger partial charge in [0.1, 0.15) is 11.6 Å². The maximum atomic E-state index is 8.40. The van der Waals surface area contributed by atoms with Gasteiger partial charge in [0.15, 0.2) is 0 Å². The fraction of sp³-hybridized carbons (Fsp3) is 0.333. The van der Waals surface area contributed by atoms with E-state index in [2.05, 4.69) is 6.58 Å². The van der Waals surface area contributed by atoms with Crippen molar-refractivity contribution >= 4 is 11.6 Å². The molecule has 0 aliphatic carbocycles. The standard InChI is InChI=1S/C3H7N.H2O2S/c1-2-3-4;1-3-2/h2H,1,3-4H2;3H2. The first-order chi connectivity index (χ1) is 3.33. The van der Waals surface area contributed by atoms with E-state index in [1.807, 2.05) is 0 Å². The van der Waals surface area contributed by atoms with E-state index in [0.29, 0.717) is 6.54 Å². The number of rotatable bonds is 1. The molecule has 7 heavy (non-hydrogen) atoms. The summed E-state index contributed by atoms with van der Waals surface area (Å²) in [6, 6.07) is 0. The smallest absolute Gasteiger partial charge is 0.129 e. The SMILES string of the molecule is C=CCN.O=[SH2]=O. The van der Waals surface area contributed by atoms with Gasteiger partial charge in [-0.05, 0) is 0 Å². The summed E-state index contributed by atoms with van der Waals surface area (Å²) in [6.07, 6.45) is 1.65. The topological polar surface area (TPSA) is 60.2 Å². The predicted molar refractivity (Wildman–Crippen MR) is 31.0 cm³/mol. The second kappa shape index (κ2) is 17.4. The molecule has 0 spiro atoms. The van der Waals surface area contributed by atoms with Gasteiger partial charge >= 0.3 is 0 Å². The molecule has 0 rings (SSSR count). The Kier molecular flexibility index (Phi) is 24.4. The minimum Gasteiger partial charge on any atom is -0.327 e. The molecule has 0 radical (unpaired) electrons. The average Bonchev–Trinajstić information content (AvgIpc) is 1.69. The van der Waals surface area contributed by atoms with Gasteiger partial charge < -0.3 is 5.73 Å². The molecule has 0 bridgehead atoms. The molecule has 0 aliphatic heterocycles. The first kappa shape index (κ1) is 9.82. The predicted octanol–water partition coefficient (Wildman–Crippen LogP) is -1.07. The second-order valence-corrected chi connectivity index (χ2v) is 0.774. The Balaban J connectivity index is 0. The van der Waals surface area contributed by atoms with Crippen LogP contribution in [-0.4, -0.2) is 15.0 Å². The largest absolute Gasteiger partial charge is 0.327 e. The lowest BCUT2D eigenvalue weighted by Crippen LogP contribution is -1.90. The highest BCUT2D eigenvalue weighted by Gasteiger charge is 1.43. The van der Waals surface area contributed by atoms with E-state index < -0.39 is 11.6 Å². The van der Waals surface area contributed by atoms with Crippen LogP contribution in [-0.2, 0) is 11.6 Å². The van der Waals surface area contributed by atoms with Gasteiger partial charge in [-0.1, -0.05) is 6.08 Å². The van der Waals surface area contributed by atoms with E-state index in [-0.39, 0.29) is 0 Å². The zero-order valence-electron chi connectivity index (χ0n) is 3.89. The fourth-order valence-corrected chi connectivity index (χ4v) is 0. The molecule has 0 aromatic heterocycles. The summed E-state index contributed by atoms with van der Waals surface area (Å²) in [6.45, 7) is 3.94. The average molecular weight is 123 g/mol. The van der Waals surface area contributed by atoms with E-state index in [1.54, 1.807) is 6.08 Å². The normalized spacial score (nSPS) is 5.86. The Morgan fingerprint density at radius 2 is 1.86 bits per heavy atom. The summed E-state index contributed by atoms with van der Waals surface area (Å²) in [4.78, 5) is 0. The van der Waals surface area contributed by atoms with Crippen LogP contribution in [0.25, 0.3) is 0 Å². The molecule has 0 fully saturated rings. The quantitative estimate of drug-likeness (QED) is 0.451. The Labute approximate surface area is 45.8 Å². The van der Waals surface area contributed by atoms with Crippen molar-refractivity contribution in [1.82, 2.24) is 0 Å². The molecule has 2 N–H and O–H groups in total. The van der Waals surface area contributed by atoms with Gasteiger partial charge in [0.25, 0.3) is 0 Å². The van der Waals surface area contributed by atoms with Crippen LogP contribution in [0.5, 0.6) is 0 Å². The molecule has 0 aromatic carbocycles. The van der Waals surface area contributed by atoms with Crippen molar-refractivity contribution in [2.24, 2.45) is 5.73 Å². The first-order valence-corrected chi connectivity index (χ1v) is 2.45. The molecule has 0 atom stereocenters. The van der Waals surface area contributed by atoms with Crippen LogP contribution in [0, 0.1) is 0 Å². The van der Waals surface area contributed by atoms with Gasteiger partial charge in [0, 0.05) is 6.54 Å². The van der Waals surface area contributed by atoms with Gasteiger partial charge in [-0.25, -0.2) is 8.42 Å². The number of hydrogen-bond acceptors (Lipinski definition) is 3.